The lowest BCUT2D eigenvalue weighted by atomic mass is 9.46. The number of rotatable bonds is 5. The van der Waals surface area contributed by atoms with Crippen LogP contribution in [0.3, 0.4) is 0 Å². The Hall–Kier alpha value is -1.38. The number of aliphatic carboxylic acids is 1. The largest absolute Gasteiger partial charge is 0.481 e. The maximum absolute atomic E-state index is 11.9. The molecule has 2 fully saturated rings. The van der Waals surface area contributed by atoms with Crippen molar-refractivity contribution < 1.29 is 14.7 Å². The van der Waals surface area contributed by atoms with Crippen molar-refractivity contribution in [3.8, 4) is 0 Å². The molecule has 0 unspecified atom stereocenters. The fourth-order valence-electron chi connectivity index (χ4n) is 5.31. The monoisotopic (exact) mass is 318 g/mol. The van der Waals surface area contributed by atoms with E-state index in [0.717, 1.165) is 56.8 Å². The van der Waals surface area contributed by atoms with E-state index in [0.29, 0.717) is 5.92 Å². The maximum atomic E-state index is 11.9. The average molecular weight is 318 g/mol. The van der Waals surface area contributed by atoms with E-state index in [-0.39, 0.29) is 11.3 Å². The topological polar surface area (TPSA) is 54.4 Å². The van der Waals surface area contributed by atoms with Gasteiger partial charge < -0.3 is 5.11 Å². The molecule has 2 saturated carbocycles. The van der Waals surface area contributed by atoms with Gasteiger partial charge in [-0.3, -0.25) is 9.59 Å². The lowest BCUT2D eigenvalue weighted by Crippen LogP contribution is -2.53. The molecule has 0 saturated heterocycles. The van der Waals surface area contributed by atoms with Crippen LogP contribution in [0.25, 0.3) is 0 Å². The van der Waals surface area contributed by atoms with E-state index in [1.54, 1.807) is 6.08 Å². The molecule has 23 heavy (non-hydrogen) atoms. The molecule has 0 heterocycles. The van der Waals surface area contributed by atoms with Crippen LogP contribution < -0.4 is 0 Å². The van der Waals surface area contributed by atoms with E-state index in [2.05, 4.69) is 13.5 Å². The van der Waals surface area contributed by atoms with Crippen LogP contribution in [0.2, 0.25) is 0 Å². The molecule has 3 heteroatoms. The van der Waals surface area contributed by atoms with Crippen molar-refractivity contribution in [2.75, 3.05) is 0 Å². The predicted octanol–water partition coefficient (Wildman–Crippen LogP) is 4.78. The molecule has 4 atom stereocenters. The molecular formula is C20H30O3. The highest BCUT2D eigenvalue weighted by atomic mass is 16.4. The number of carboxylic acids is 1. The van der Waals surface area contributed by atoms with Crippen LogP contribution in [-0.4, -0.2) is 17.4 Å². The summed E-state index contributed by atoms with van der Waals surface area (Å²) in [7, 11) is 0. The second-order valence-electron chi connectivity index (χ2n) is 8.07. The lowest BCUT2D eigenvalue weighted by molar-refractivity contribution is -0.164. The van der Waals surface area contributed by atoms with Crippen LogP contribution in [-0.2, 0) is 9.59 Å². The Morgan fingerprint density at radius 2 is 2.09 bits per heavy atom. The van der Waals surface area contributed by atoms with Gasteiger partial charge in [0.05, 0.1) is 5.41 Å². The third-order valence-electron chi connectivity index (χ3n) is 6.69. The van der Waals surface area contributed by atoms with Gasteiger partial charge >= 0.3 is 5.97 Å². The van der Waals surface area contributed by atoms with E-state index >= 15 is 0 Å². The van der Waals surface area contributed by atoms with Crippen LogP contribution in [0, 0.1) is 22.7 Å². The second kappa shape index (κ2) is 6.62. The Kier molecular flexibility index (Phi) is 5.17. The molecule has 0 spiro atoms. The number of fused-ring (bicyclic) bond motifs is 1. The Morgan fingerprint density at radius 1 is 1.39 bits per heavy atom. The van der Waals surface area contributed by atoms with Crippen molar-refractivity contribution in [3.63, 3.8) is 0 Å². The number of carbonyl (C=O) groups is 2. The predicted molar refractivity (Wildman–Crippen MR) is 92.1 cm³/mol. The minimum atomic E-state index is -0.642. The van der Waals surface area contributed by atoms with Gasteiger partial charge in [-0.1, -0.05) is 31.1 Å². The second-order valence-corrected chi connectivity index (χ2v) is 8.07. The highest BCUT2D eigenvalue weighted by molar-refractivity contribution is 5.75. The smallest absolute Gasteiger partial charge is 0.309 e. The zero-order valence-corrected chi connectivity index (χ0v) is 14.7. The quantitative estimate of drug-likeness (QED) is 0.451. The normalized spacial score (nSPS) is 38.0. The molecule has 2 aliphatic rings. The molecule has 0 aromatic carbocycles. The van der Waals surface area contributed by atoms with Crippen molar-refractivity contribution in [2.24, 2.45) is 22.7 Å². The van der Waals surface area contributed by atoms with Gasteiger partial charge in [0.15, 0.2) is 0 Å². The molecule has 0 amide bonds. The summed E-state index contributed by atoms with van der Waals surface area (Å²) in [5.74, 6) is -0.0703. The number of allylic oxidation sites excluding steroid dienone is 3. The van der Waals surface area contributed by atoms with Crippen LogP contribution in [0.4, 0.5) is 0 Å². The first-order valence-electron chi connectivity index (χ1n) is 8.77. The van der Waals surface area contributed by atoms with Gasteiger partial charge in [0.2, 0.25) is 0 Å². The van der Waals surface area contributed by atoms with E-state index in [9.17, 15) is 14.7 Å². The third kappa shape index (κ3) is 3.15. The Labute approximate surface area is 139 Å². The zero-order chi connectivity index (χ0) is 17.3. The van der Waals surface area contributed by atoms with Gasteiger partial charge in [-0.25, -0.2) is 0 Å². The van der Waals surface area contributed by atoms with Crippen LogP contribution in [0.15, 0.2) is 23.8 Å². The molecule has 128 valence electrons. The van der Waals surface area contributed by atoms with Crippen molar-refractivity contribution in [1.29, 1.82) is 0 Å². The fraction of sp³-hybridized carbons (Fsp3) is 0.700. The highest BCUT2D eigenvalue weighted by Crippen LogP contribution is 2.62. The van der Waals surface area contributed by atoms with Crippen molar-refractivity contribution in [1.82, 2.24) is 0 Å². The van der Waals surface area contributed by atoms with Gasteiger partial charge in [-0.05, 0) is 75.7 Å². The molecular weight excluding hydrogens is 288 g/mol. The summed E-state index contributed by atoms with van der Waals surface area (Å²) in [4.78, 5) is 22.6. The summed E-state index contributed by atoms with van der Waals surface area (Å²) in [5, 5.41) is 9.82. The molecule has 1 N–H and O–H groups in total. The van der Waals surface area contributed by atoms with Gasteiger partial charge in [-0.15, -0.1) is 0 Å². The van der Waals surface area contributed by atoms with E-state index < -0.39 is 11.4 Å². The Balaban J connectivity index is 2.27. The first-order chi connectivity index (χ1) is 10.8. The zero-order valence-electron chi connectivity index (χ0n) is 14.7. The molecule has 2 aliphatic carbocycles. The fourth-order valence-corrected chi connectivity index (χ4v) is 5.31. The molecule has 0 bridgehead atoms. The number of hydrogen-bond acceptors (Lipinski definition) is 2. The summed E-state index contributed by atoms with van der Waals surface area (Å²) in [6.07, 6.45) is 9.05. The van der Waals surface area contributed by atoms with E-state index in [1.165, 1.54) is 5.57 Å². The number of aldehydes is 1. The van der Waals surface area contributed by atoms with Gasteiger partial charge in [0.1, 0.15) is 6.29 Å². The standard InChI is InChI=1S/C20H30O3/c1-14(10-13-21)6-8-16-15(2)7-9-17-19(16,3)11-5-12-20(17,4)18(22)23/h10,13,16-17H,2,5-9,11-12H2,1,3-4H3,(H,22,23)/b14-10+/t16-,17-,19-,20+/m0/s1. The Morgan fingerprint density at radius 3 is 2.70 bits per heavy atom. The summed E-state index contributed by atoms with van der Waals surface area (Å²) in [5.41, 5.74) is 1.77. The molecule has 3 nitrogen and oxygen atoms in total. The number of hydrogen-bond donors (Lipinski definition) is 1. The summed E-state index contributed by atoms with van der Waals surface area (Å²) in [6, 6.07) is 0. The first kappa shape index (κ1) is 18.0. The molecule has 0 radical (unpaired) electrons. The van der Waals surface area contributed by atoms with Gasteiger partial charge in [0, 0.05) is 0 Å². The molecule has 0 aromatic heterocycles. The van der Waals surface area contributed by atoms with Crippen LogP contribution in [0.5, 0.6) is 0 Å². The molecule has 2 rings (SSSR count). The third-order valence-corrected chi connectivity index (χ3v) is 6.69. The highest BCUT2D eigenvalue weighted by Gasteiger charge is 2.57. The minimum Gasteiger partial charge on any atom is -0.481 e. The van der Waals surface area contributed by atoms with Gasteiger partial charge in [0.25, 0.3) is 0 Å². The first-order valence-corrected chi connectivity index (χ1v) is 8.77. The van der Waals surface area contributed by atoms with Crippen molar-refractivity contribution in [3.05, 3.63) is 23.8 Å². The summed E-state index contributed by atoms with van der Waals surface area (Å²) >= 11 is 0. The Bertz CT molecular complexity index is 533. The van der Waals surface area contributed by atoms with Crippen molar-refractivity contribution >= 4 is 12.3 Å². The number of carbonyl (C=O) groups excluding carboxylic acids is 1. The molecule has 0 aromatic rings. The molecule has 0 aliphatic heterocycles. The lowest BCUT2D eigenvalue weighted by Gasteiger charge is -2.57. The summed E-state index contributed by atoms with van der Waals surface area (Å²) in [6.45, 7) is 10.5. The average Bonchev–Trinajstić information content (AvgIpc) is 2.46. The number of carboxylic acid groups (broad SMARTS) is 1. The maximum Gasteiger partial charge on any atom is 0.309 e. The van der Waals surface area contributed by atoms with Gasteiger partial charge in [-0.2, -0.15) is 0 Å². The van der Waals surface area contributed by atoms with E-state index in [1.807, 2.05) is 13.8 Å². The SMILES string of the molecule is C=C1CC[C@H]2[C@@](C)(CCC[C@@]2(C)C(=O)O)[C@H]1CC/C(C)=C/C=O. The van der Waals surface area contributed by atoms with E-state index in [4.69, 9.17) is 0 Å². The summed E-state index contributed by atoms with van der Waals surface area (Å²) < 4.78 is 0. The van der Waals surface area contributed by atoms with Crippen molar-refractivity contribution in [2.45, 2.75) is 65.7 Å². The minimum absolute atomic E-state index is 0.0161. The van der Waals surface area contributed by atoms with Crippen LogP contribution >= 0.6 is 0 Å². The van der Waals surface area contributed by atoms with Crippen LogP contribution in [0.1, 0.15) is 65.7 Å².